The summed E-state index contributed by atoms with van der Waals surface area (Å²) in [5.41, 5.74) is 1.06. The van der Waals surface area contributed by atoms with E-state index in [0.717, 1.165) is 5.56 Å². The Balaban J connectivity index is 2.92. The predicted octanol–water partition coefficient (Wildman–Crippen LogP) is 1.12. The molecule has 0 aromatic carbocycles. The van der Waals surface area contributed by atoms with Gasteiger partial charge in [0.2, 0.25) is 0 Å². The molecule has 14 heavy (non-hydrogen) atoms. The Morgan fingerprint density at radius 3 is 2.79 bits per heavy atom. The summed E-state index contributed by atoms with van der Waals surface area (Å²) in [6, 6.07) is 1.77. The van der Waals surface area contributed by atoms with Crippen molar-refractivity contribution in [1.29, 1.82) is 0 Å². The molecular weight excluding hydrogens is 182 g/mol. The van der Waals surface area contributed by atoms with Crippen LogP contribution in [0.1, 0.15) is 23.0 Å². The van der Waals surface area contributed by atoms with E-state index in [1.54, 1.807) is 23.8 Å². The second-order valence-corrected chi connectivity index (χ2v) is 3.59. The highest BCUT2D eigenvalue weighted by molar-refractivity contribution is 5.87. The monoisotopic (exact) mass is 197 g/mol. The first-order chi connectivity index (χ1) is 6.56. The molecule has 0 aliphatic heterocycles. The number of carboxylic acids is 1. The third kappa shape index (κ3) is 2.14. The van der Waals surface area contributed by atoms with Crippen LogP contribution in [0.4, 0.5) is 0 Å². The summed E-state index contributed by atoms with van der Waals surface area (Å²) < 4.78 is 1.67. The van der Waals surface area contributed by atoms with Crippen molar-refractivity contribution in [2.24, 2.45) is 5.92 Å². The molecule has 4 nitrogen and oxygen atoms in total. The normalized spacial score (nSPS) is 12.8. The van der Waals surface area contributed by atoms with Crippen molar-refractivity contribution in [3.05, 3.63) is 23.5 Å². The molecule has 0 bridgehead atoms. The molecular formula is C10H15NO3. The number of aromatic nitrogens is 1. The molecule has 1 aromatic heterocycles. The van der Waals surface area contributed by atoms with E-state index >= 15 is 0 Å². The van der Waals surface area contributed by atoms with E-state index in [4.69, 9.17) is 10.2 Å². The number of carboxylic acid groups (broad SMARTS) is 1. The lowest BCUT2D eigenvalue weighted by Gasteiger charge is -2.11. The Morgan fingerprint density at radius 2 is 2.29 bits per heavy atom. The third-order valence-electron chi connectivity index (χ3n) is 2.19. The number of aliphatic hydroxyl groups excluding tert-OH is 1. The lowest BCUT2D eigenvalue weighted by Crippen LogP contribution is -2.15. The van der Waals surface area contributed by atoms with Crippen LogP contribution in [-0.2, 0) is 6.54 Å². The molecule has 0 aliphatic rings. The second-order valence-electron chi connectivity index (χ2n) is 3.59. The van der Waals surface area contributed by atoms with E-state index in [1.165, 1.54) is 0 Å². The van der Waals surface area contributed by atoms with Gasteiger partial charge in [0, 0.05) is 19.3 Å². The molecule has 0 fully saturated rings. The molecule has 2 N–H and O–H groups in total. The van der Waals surface area contributed by atoms with E-state index < -0.39 is 5.97 Å². The van der Waals surface area contributed by atoms with Gasteiger partial charge in [0.15, 0.2) is 0 Å². The number of carbonyl (C=O) groups is 1. The fourth-order valence-electron chi connectivity index (χ4n) is 1.42. The molecule has 0 spiro atoms. The minimum atomic E-state index is -0.919. The van der Waals surface area contributed by atoms with Crippen LogP contribution in [0.5, 0.6) is 0 Å². The zero-order chi connectivity index (χ0) is 10.7. The van der Waals surface area contributed by atoms with Crippen molar-refractivity contribution in [3.8, 4) is 0 Å². The average molecular weight is 197 g/mol. The first-order valence-electron chi connectivity index (χ1n) is 4.56. The fraction of sp³-hybridized carbons (Fsp3) is 0.500. The Labute approximate surface area is 82.8 Å². The van der Waals surface area contributed by atoms with Crippen molar-refractivity contribution in [3.63, 3.8) is 0 Å². The van der Waals surface area contributed by atoms with Crippen LogP contribution in [0.3, 0.4) is 0 Å². The van der Waals surface area contributed by atoms with E-state index in [1.807, 2.05) is 6.92 Å². The van der Waals surface area contributed by atoms with E-state index in [2.05, 4.69) is 0 Å². The van der Waals surface area contributed by atoms with Gasteiger partial charge in [0.05, 0.1) is 0 Å². The van der Waals surface area contributed by atoms with Crippen LogP contribution in [0.2, 0.25) is 0 Å². The average Bonchev–Trinajstić information content (AvgIpc) is 2.46. The van der Waals surface area contributed by atoms with Crippen LogP contribution in [0, 0.1) is 12.8 Å². The van der Waals surface area contributed by atoms with Gasteiger partial charge in [-0.25, -0.2) is 4.79 Å². The smallest absolute Gasteiger partial charge is 0.352 e. The molecule has 1 heterocycles. The van der Waals surface area contributed by atoms with E-state index in [-0.39, 0.29) is 12.5 Å². The Morgan fingerprint density at radius 1 is 1.64 bits per heavy atom. The number of aliphatic hydroxyl groups is 1. The maximum atomic E-state index is 10.9. The lowest BCUT2D eigenvalue weighted by molar-refractivity contribution is 0.0682. The topological polar surface area (TPSA) is 62.5 Å². The minimum absolute atomic E-state index is 0.0658. The van der Waals surface area contributed by atoms with Crippen LogP contribution in [0.25, 0.3) is 0 Å². The van der Waals surface area contributed by atoms with Gasteiger partial charge < -0.3 is 14.8 Å². The van der Waals surface area contributed by atoms with Crippen molar-refractivity contribution in [2.75, 3.05) is 6.61 Å². The minimum Gasteiger partial charge on any atom is -0.477 e. The summed E-state index contributed by atoms with van der Waals surface area (Å²) in [4.78, 5) is 10.9. The maximum absolute atomic E-state index is 10.9. The summed E-state index contributed by atoms with van der Waals surface area (Å²) in [5, 5.41) is 17.8. The van der Waals surface area contributed by atoms with E-state index in [0.29, 0.717) is 12.2 Å². The Hall–Kier alpha value is -1.29. The summed E-state index contributed by atoms with van der Waals surface area (Å²) in [5.74, 6) is -0.850. The second kappa shape index (κ2) is 4.28. The highest BCUT2D eigenvalue weighted by atomic mass is 16.4. The lowest BCUT2D eigenvalue weighted by atomic mass is 10.2. The predicted molar refractivity (Wildman–Crippen MR) is 52.4 cm³/mol. The van der Waals surface area contributed by atoms with Crippen LogP contribution in [-0.4, -0.2) is 27.4 Å². The molecule has 78 valence electrons. The summed E-state index contributed by atoms with van der Waals surface area (Å²) in [7, 11) is 0. The van der Waals surface area contributed by atoms with Gasteiger partial charge in [0.1, 0.15) is 5.69 Å². The van der Waals surface area contributed by atoms with Crippen molar-refractivity contribution in [1.82, 2.24) is 4.57 Å². The molecule has 1 aromatic rings. The first-order valence-corrected chi connectivity index (χ1v) is 4.56. The molecule has 4 heteroatoms. The molecule has 1 unspecified atom stereocenters. The van der Waals surface area contributed by atoms with Crippen LogP contribution >= 0.6 is 0 Å². The number of aryl methyl sites for hydroxylation is 1. The summed E-state index contributed by atoms with van der Waals surface area (Å²) in [6.07, 6.45) is 1.74. The van der Waals surface area contributed by atoms with Gasteiger partial charge in [-0.3, -0.25) is 0 Å². The van der Waals surface area contributed by atoms with E-state index in [9.17, 15) is 4.79 Å². The Bertz CT molecular complexity index is 330. The number of hydrogen-bond acceptors (Lipinski definition) is 2. The van der Waals surface area contributed by atoms with Gasteiger partial charge in [-0.15, -0.1) is 0 Å². The molecule has 1 rings (SSSR count). The zero-order valence-electron chi connectivity index (χ0n) is 8.40. The van der Waals surface area contributed by atoms with Crippen molar-refractivity contribution < 1.29 is 15.0 Å². The van der Waals surface area contributed by atoms with Gasteiger partial charge in [-0.1, -0.05) is 6.92 Å². The maximum Gasteiger partial charge on any atom is 0.352 e. The largest absolute Gasteiger partial charge is 0.477 e. The molecule has 0 radical (unpaired) electrons. The fourth-order valence-corrected chi connectivity index (χ4v) is 1.42. The molecule has 0 saturated heterocycles. The highest BCUT2D eigenvalue weighted by Gasteiger charge is 2.14. The third-order valence-corrected chi connectivity index (χ3v) is 2.19. The molecule has 0 aliphatic carbocycles. The van der Waals surface area contributed by atoms with Gasteiger partial charge in [-0.05, 0) is 24.5 Å². The zero-order valence-corrected chi connectivity index (χ0v) is 8.40. The number of rotatable bonds is 4. The number of hydrogen-bond donors (Lipinski definition) is 2. The Kier molecular flexibility index (Phi) is 3.30. The van der Waals surface area contributed by atoms with Gasteiger partial charge >= 0.3 is 5.97 Å². The molecule has 0 saturated carbocycles. The van der Waals surface area contributed by atoms with Crippen LogP contribution < -0.4 is 0 Å². The molecule has 1 atom stereocenters. The number of aromatic carboxylic acids is 1. The summed E-state index contributed by atoms with van der Waals surface area (Å²) >= 11 is 0. The van der Waals surface area contributed by atoms with Crippen molar-refractivity contribution in [2.45, 2.75) is 20.4 Å². The van der Waals surface area contributed by atoms with Gasteiger partial charge in [-0.2, -0.15) is 0 Å². The standard InChI is InChI=1S/C10H15NO3/c1-7(6-12)5-11-4-3-8(2)9(11)10(13)14/h3-4,7,12H,5-6H2,1-2H3,(H,13,14). The SMILES string of the molecule is Cc1ccn(CC(C)CO)c1C(=O)O. The number of nitrogens with zero attached hydrogens (tertiary/aromatic N) is 1. The summed E-state index contributed by atoms with van der Waals surface area (Å²) in [6.45, 7) is 4.24. The van der Waals surface area contributed by atoms with Crippen molar-refractivity contribution >= 4 is 5.97 Å². The highest BCUT2D eigenvalue weighted by Crippen LogP contribution is 2.12. The van der Waals surface area contributed by atoms with Crippen LogP contribution in [0.15, 0.2) is 12.3 Å². The van der Waals surface area contributed by atoms with Gasteiger partial charge in [0.25, 0.3) is 0 Å². The quantitative estimate of drug-likeness (QED) is 0.760. The first kappa shape index (κ1) is 10.8. The molecule has 0 amide bonds.